The molecule has 2 aromatic heterocycles. The minimum Gasteiger partial charge on any atom is -0.391 e. The zero-order chi connectivity index (χ0) is 19.5. The van der Waals surface area contributed by atoms with Crippen molar-refractivity contribution in [3.05, 3.63) is 87.5 Å². The van der Waals surface area contributed by atoms with Crippen LogP contribution in [-0.2, 0) is 18.0 Å². The quantitative estimate of drug-likeness (QED) is 0.269. The minimum atomic E-state index is -0.231. The van der Waals surface area contributed by atoms with Crippen LogP contribution in [-0.4, -0.2) is 15.3 Å². The summed E-state index contributed by atoms with van der Waals surface area (Å²) < 4.78 is 16.3. The molecular formula is C20H14Cl2FN3OS. The van der Waals surface area contributed by atoms with Crippen LogP contribution in [0.2, 0.25) is 10.0 Å². The molecule has 28 heavy (non-hydrogen) atoms. The maximum atomic E-state index is 13.9. The lowest BCUT2D eigenvalue weighted by Gasteiger charge is -2.10. The number of fused-ring (bicyclic) bond motifs is 1. The Morgan fingerprint density at radius 2 is 2.14 bits per heavy atom. The predicted octanol–water partition coefficient (Wildman–Crippen LogP) is 6.16. The van der Waals surface area contributed by atoms with Crippen molar-refractivity contribution in [1.29, 1.82) is 0 Å². The molecule has 0 atom stereocenters. The Hall–Kier alpha value is -2.41. The molecule has 0 aliphatic heterocycles. The first-order valence-electron chi connectivity index (χ1n) is 8.36. The van der Waals surface area contributed by atoms with E-state index in [2.05, 4.69) is 10.1 Å². The van der Waals surface area contributed by atoms with Gasteiger partial charge in [-0.25, -0.2) is 9.37 Å². The van der Waals surface area contributed by atoms with E-state index in [-0.39, 0.29) is 12.4 Å². The van der Waals surface area contributed by atoms with E-state index in [0.717, 1.165) is 16.5 Å². The van der Waals surface area contributed by atoms with Crippen molar-refractivity contribution in [2.75, 3.05) is 0 Å². The van der Waals surface area contributed by atoms with Gasteiger partial charge in [0.2, 0.25) is 0 Å². The molecule has 0 aliphatic rings. The summed E-state index contributed by atoms with van der Waals surface area (Å²) in [6.45, 7) is 0.655. The van der Waals surface area contributed by atoms with Gasteiger partial charge >= 0.3 is 0 Å². The highest BCUT2D eigenvalue weighted by Gasteiger charge is 2.12. The Balaban J connectivity index is 1.60. The summed E-state index contributed by atoms with van der Waals surface area (Å²) in [4.78, 5) is 9.67. The zero-order valence-electron chi connectivity index (χ0n) is 14.5. The minimum absolute atomic E-state index is 0.224. The molecule has 0 saturated heterocycles. The van der Waals surface area contributed by atoms with Crippen LogP contribution >= 0.6 is 34.5 Å². The smallest absolute Gasteiger partial charge is 0.143 e. The van der Waals surface area contributed by atoms with Crippen molar-refractivity contribution in [2.24, 2.45) is 5.16 Å². The Morgan fingerprint density at radius 3 is 2.93 bits per heavy atom. The maximum Gasteiger partial charge on any atom is 0.143 e. The summed E-state index contributed by atoms with van der Waals surface area (Å²) in [5.41, 5.74) is 2.24. The number of hydrogen-bond acceptors (Lipinski definition) is 4. The molecule has 4 aromatic rings. The number of oxime groups is 1. The highest BCUT2D eigenvalue weighted by molar-refractivity contribution is 7.17. The molecule has 0 fully saturated rings. The van der Waals surface area contributed by atoms with Gasteiger partial charge in [0.25, 0.3) is 0 Å². The predicted molar refractivity (Wildman–Crippen MR) is 112 cm³/mol. The van der Waals surface area contributed by atoms with Crippen molar-refractivity contribution >= 4 is 50.3 Å². The van der Waals surface area contributed by atoms with Crippen molar-refractivity contribution < 1.29 is 9.23 Å². The number of imidazole rings is 1. The van der Waals surface area contributed by atoms with Crippen molar-refractivity contribution in [3.63, 3.8) is 0 Å². The number of nitrogens with zero attached hydrogens (tertiary/aromatic N) is 3. The lowest BCUT2D eigenvalue weighted by Crippen LogP contribution is -2.12. The summed E-state index contributed by atoms with van der Waals surface area (Å²) in [5.74, 6) is -0.231. The first-order chi connectivity index (χ1) is 13.6. The van der Waals surface area contributed by atoms with Crippen LogP contribution in [0, 0.1) is 5.82 Å². The average Bonchev–Trinajstić information content (AvgIpc) is 3.32. The highest BCUT2D eigenvalue weighted by Crippen LogP contribution is 2.29. The standard InChI is InChI=1S/C20H14Cl2FN3OS/c21-14-4-5-16(17(22)8-14)19(9-26-7-6-24-12-26)25-27-10-13-11-28-20-15(13)2-1-3-18(20)23/h1-8,11-12H,9-10H2/b25-19+. The lowest BCUT2D eigenvalue weighted by molar-refractivity contribution is 0.131. The molecule has 0 spiro atoms. The van der Waals surface area contributed by atoms with Gasteiger partial charge in [-0.05, 0) is 29.6 Å². The number of benzene rings is 2. The van der Waals surface area contributed by atoms with E-state index in [0.29, 0.717) is 27.0 Å². The molecule has 8 heteroatoms. The summed E-state index contributed by atoms with van der Waals surface area (Å²) >= 11 is 13.7. The number of aromatic nitrogens is 2. The van der Waals surface area contributed by atoms with E-state index in [4.69, 9.17) is 28.0 Å². The van der Waals surface area contributed by atoms with Gasteiger partial charge in [-0.3, -0.25) is 0 Å². The first kappa shape index (κ1) is 18.9. The Morgan fingerprint density at radius 1 is 1.25 bits per heavy atom. The van der Waals surface area contributed by atoms with Crippen molar-refractivity contribution in [2.45, 2.75) is 13.2 Å². The van der Waals surface area contributed by atoms with Gasteiger partial charge in [0.05, 0.1) is 22.6 Å². The third-order valence-electron chi connectivity index (χ3n) is 4.16. The van der Waals surface area contributed by atoms with E-state index in [9.17, 15) is 4.39 Å². The van der Waals surface area contributed by atoms with Crippen LogP contribution in [0.3, 0.4) is 0 Å². The maximum absolute atomic E-state index is 13.9. The van der Waals surface area contributed by atoms with Gasteiger partial charge < -0.3 is 9.40 Å². The van der Waals surface area contributed by atoms with Gasteiger partial charge in [0.15, 0.2) is 0 Å². The van der Waals surface area contributed by atoms with Crippen LogP contribution in [0.25, 0.3) is 10.1 Å². The molecule has 4 rings (SSSR count). The molecule has 0 unspecified atom stereocenters. The van der Waals surface area contributed by atoms with E-state index in [1.807, 2.05) is 22.2 Å². The number of halogens is 3. The zero-order valence-corrected chi connectivity index (χ0v) is 16.8. The summed E-state index contributed by atoms with van der Waals surface area (Å²) in [5, 5.41) is 8.06. The normalized spacial score (nSPS) is 11.9. The summed E-state index contributed by atoms with van der Waals surface area (Å²) in [6, 6.07) is 10.2. The van der Waals surface area contributed by atoms with Crippen LogP contribution in [0.5, 0.6) is 0 Å². The Labute approximate surface area is 174 Å². The van der Waals surface area contributed by atoms with Crippen LogP contribution < -0.4 is 0 Å². The van der Waals surface area contributed by atoms with Gasteiger partial charge in [-0.2, -0.15) is 0 Å². The summed E-state index contributed by atoms with van der Waals surface area (Å²) in [7, 11) is 0. The average molecular weight is 434 g/mol. The molecule has 2 aromatic carbocycles. The largest absolute Gasteiger partial charge is 0.391 e. The Bertz CT molecular complexity index is 1140. The second-order valence-electron chi connectivity index (χ2n) is 6.05. The highest BCUT2D eigenvalue weighted by atomic mass is 35.5. The van der Waals surface area contributed by atoms with Crippen LogP contribution in [0.1, 0.15) is 11.1 Å². The van der Waals surface area contributed by atoms with Crippen molar-refractivity contribution in [1.82, 2.24) is 9.55 Å². The molecule has 4 nitrogen and oxygen atoms in total. The fourth-order valence-corrected chi connectivity index (χ4v) is 4.29. The van der Waals surface area contributed by atoms with Gasteiger partial charge in [-0.1, -0.05) is 40.5 Å². The summed E-state index contributed by atoms with van der Waals surface area (Å²) in [6.07, 6.45) is 5.21. The molecule has 0 bridgehead atoms. The van der Waals surface area contributed by atoms with Crippen LogP contribution in [0.15, 0.2) is 65.7 Å². The molecular weight excluding hydrogens is 420 g/mol. The molecule has 142 valence electrons. The first-order valence-corrected chi connectivity index (χ1v) is 10.00. The number of hydrogen-bond donors (Lipinski definition) is 0. The topological polar surface area (TPSA) is 39.4 Å². The van der Waals surface area contributed by atoms with E-state index in [1.165, 1.54) is 17.4 Å². The molecule has 0 amide bonds. The molecule has 0 aliphatic carbocycles. The van der Waals surface area contributed by atoms with E-state index >= 15 is 0 Å². The van der Waals surface area contributed by atoms with Gasteiger partial charge in [-0.15, -0.1) is 11.3 Å². The lowest BCUT2D eigenvalue weighted by atomic mass is 10.1. The van der Waals surface area contributed by atoms with E-state index in [1.54, 1.807) is 36.8 Å². The van der Waals surface area contributed by atoms with Gasteiger partial charge in [0, 0.05) is 33.9 Å². The fourth-order valence-electron chi connectivity index (χ4n) is 2.81. The van der Waals surface area contributed by atoms with Crippen LogP contribution in [0.4, 0.5) is 4.39 Å². The molecule has 2 heterocycles. The monoisotopic (exact) mass is 433 g/mol. The second-order valence-corrected chi connectivity index (χ2v) is 7.77. The molecule has 0 saturated carbocycles. The Kier molecular flexibility index (Phi) is 5.62. The SMILES string of the molecule is Fc1cccc2c(CO/N=C(\Cn3ccnc3)c3ccc(Cl)cc3Cl)csc12. The second kappa shape index (κ2) is 8.31. The number of thiophene rings is 1. The van der Waals surface area contributed by atoms with Crippen molar-refractivity contribution in [3.8, 4) is 0 Å². The molecule has 0 radical (unpaired) electrons. The third-order valence-corrected chi connectivity index (χ3v) is 5.76. The van der Waals surface area contributed by atoms with E-state index < -0.39 is 0 Å². The number of rotatable bonds is 6. The third kappa shape index (κ3) is 4.04. The molecule has 0 N–H and O–H groups in total. The van der Waals surface area contributed by atoms with Gasteiger partial charge in [0.1, 0.15) is 18.1 Å². The fraction of sp³-hybridized carbons (Fsp3) is 0.100.